The average Bonchev–Trinajstić information content (AvgIpc) is 3.15. The van der Waals surface area contributed by atoms with E-state index in [1.165, 1.54) is 4.90 Å². The van der Waals surface area contributed by atoms with Gasteiger partial charge in [-0.2, -0.15) is 0 Å². The van der Waals surface area contributed by atoms with Crippen molar-refractivity contribution in [2.45, 2.75) is 18.9 Å². The molecule has 5 heteroatoms. The molecule has 0 aromatic heterocycles. The van der Waals surface area contributed by atoms with Crippen LogP contribution in [0.3, 0.4) is 0 Å². The Morgan fingerprint density at radius 3 is 2.89 bits per heavy atom. The number of carbonyl (C=O) groups is 1. The van der Waals surface area contributed by atoms with Gasteiger partial charge in [-0.3, -0.25) is 4.79 Å². The number of likely N-dealkylation sites (N-methyl/N-ethyl adjacent to an activating group) is 1. The van der Waals surface area contributed by atoms with Crippen molar-refractivity contribution in [3.8, 4) is 0 Å². The maximum atomic E-state index is 12.2. The van der Waals surface area contributed by atoms with Gasteiger partial charge >= 0.3 is 0 Å². The zero-order valence-electron chi connectivity index (χ0n) is 10.1. The Morgan fingerprint density at radius 1 is 1.61 bits per heavy atom. The van der Waals surface area contributed by atoms with E-state index < -0.39 is 6.10 Å². The highest BCUT2D eigenvalue weighted by molar-refractivity contribution is 9.10. The first-order valence-electron chi connectivity index (χ1n) is 5.88. The second kappa shape index (κ2) is 5.59. The topological polar surface area (TPSA) is 40.5 Å². The van der Waals surface area contributed by atoms with E-state index in [1.807, 2.05) is 0 Å². The van der Waals surface area contributed by atoms with Crippen LogP contribution >= 0.6 is 27.5 Å². The lowest BCUT2D eigenvalue weighted by molar-refractivity contribution is 0.0645. The summed E-state index contributed by atoms with van der Waals surface area (Å²) in [4.78, 5) is 13.7. The number of benzene rings is 1. The standard InChI is InChI=1S/C13H15BrClNO2/c1-16(7-11(17)8-5-6-8)13(18)9-3-2-4-10(14)12(9)15/h2-4,8,11,17H,5-7H2,1H3/t11-/m0/s1. The second-order valence-corrected chi connectivity index (χ2v) is 5.92. The highest BCUT2D eigenvalue weighted by atomic mass is 79.9. The molecule has 0 unspecified atom stereocenters. The van der Waals surface area contributed by atoms with Gasteiger partial charge in [-0.15, -0.1) is 0 Å². The number of halogens is 2. The molecule has 1 saturated carbocycles. The fraction of sp³-hybridized carbons (Fsp3) is 0.462. The molecule has 1 atom stereocenters. The van der Waals surface area contributed by atoms with Crippen LogP contribution in [0.4, 0.5) is 0 Å². The first-order chi connectivity index (χ1) is 8.50. The minimum Gasteiger partial charge on any atom is -0.391 e. The van der Waals surface area contributed by atoms with E-state index in [4.69, 9.17) is 11.6 Å². The highest BCUT2D eigenvalue weighted by Crippen LogP contribution is 2.33. The third kappa shape index (κ3) is 3.05. The number of aliphatic hydroxyl groups is 1. The van der Waals surface area contributed by atoms with Crippen molar-refractivity contribution in [1.29, 1.82) is 0 Å². The van der Waals surface area contributed by atoms with Crippen molar-refractivity contribution in [1.82, 2.24) is 4.90 Å². The summed E-state index contributed by atoms with van der Waals surface area (Å²) in [6, 6.07) is 5.25. The molecule has 1 amide bonds. The van der Waals surface area contributed by atoms with E-state index in [9.17, 15) is 9.90 Å². The van der Waals surface area contributed by atoms with Gasteiger partial charge in [-0.25, -0.2) is 0 Å². The summed E-state index contributed by atoms with van der Waals surface area (Å²) in [7, 11) is 1.69. The number of aliphatic hydroxyl groups excluding tert-OH is 1. The Kier molecular flexibility index (Phi) is 4.30. The molecule has 1 aromatic carbocycles. The second-order valence-electron chi connectivity index (χ2n) is 4.69. The van der Waals surface area contributed by atoms with E-state index in [0.717, 1.165) is 12.8 Å². The van der Waals surface area contributed by atoms with Crippen LogP contribution in [0.15, 0.2) is 22.7 Å². The molecule has 1 aliphatic rings. The van der Waals surface area contributed by atoms with Gasteiger partial charge in [0.2, 0.25) is 0 Å². The minimum atomic E-state index is -0.426. The van der Waals surface area contributed by atoms with E-state index >= 15 is 0 Å². The first-order valence-corrected chi connectivity index (χ1v) is 7.05. The molecule has 1 fully saturated rings. The van der Waals surface area contributed by atoms with Gasteiger partial charge in [-0.1, -0.05) is 17.7 Å². The van der Waals surface area contributed by atoms with Crippen LogP contribution in [0.1, 0.15) is 23.2 Å². The van der Waals surface area contributed by atoms with Crippen molar-refractivity contribution < 1.29 is 9.90 Å². The predicted molar refractivity (Wildman–Crippen MR) is 74.8 cm³/mol. The summed E-state index contributed by atoms with van der Waals surface area (Å²) in [5, 5.41) is 10.3. The smallest absolute Gasteiger partial charge is 0.255 e. The van der Waals surface area contributed by atoms with Gasteiger partial charge in [-0.05, 0) is 46.8 Å². The SMILES string of the molecule is CN(C[C@H](O)C1CC1)C(=O)c1cccc(Br)c1Cl. The van der Waals surface area contributed by atoms with Crippen LogP contribution in [-0.2, 0) is 0 Å². The molecule has 0 saturated heterocycles. The van der Waals surface area contributed by atoms with Crippen LogP contribution in [0.2, 0.25) is 5.02 Å². The highest BCUT2D eigenvalue weighted by Gasteiger charge is 2.31. The third-order valence-electron chi connectivity index (χ3n) is 3.16. The Hall–Kier alpha value is -0.580. The Labute approximate surface area is 120 Å². The van der Waals surface area contributed by atoms with Crippen LogP contribution in [0.5, 0.6) is 0 Å². The molecule has 98 valence electrons. The lowest BCUT2D eigenvalue weighted by atomic mass is 10.1. The molecule has 2 rings (SSSR count). The molecule has 1 N–H and O–H groups in total. The van der Waals surface area contributed by atoms with Crippen LogP contribution in [0.25, 0.3) is 0 Å². The molecule has 3 nitrogen and oxygen atoms in total. The van der Waals surface area contributed by atoms with Crippen LogP contribution in [0, 0.1) is 5.92 Å². The average molecular weight is 333 g/mol. The van der Waals surface area contributed by atoms with Crippen molar-refractivity contribution in [3.63, 3.8) is 0 Å². The van der Waals surface area contributed by atoms with Crippen molar-refractivity contribution >= 4 is 33.4 Å². The number of nitrogens with zero attached hydrogens (tertiary/aromatic N) is 1. The van der Waals surface area contributed by atoms with E-state index in [2.05, 4.69) is 15.9 Å². The maximum Gasteiger partial charge on any atom is 0.255 e. The summed E-state index contributed by atoms with van der Waals surface area (Å²) in [6.45, 7) is 0.354. The largest absolute Gasteiger partial charge is 0.391 e. The number of rotatable bonds is 4. The number of hydrogen-bond donors (Lipinski definition) is 1. The third-order valence-corrected chi connectivity index (χ3v) is 4.45. The van der Waals surface area contributed by atoms with Crippen LogP contribution in [-0.4, -0.2) is 35.6 Å². The molecule has 0 aliphatic heterocycles. The Balaban J connectivity index is 2.07. The molecule has 1 aromatic rings. The van der Waals surface area contributed by atoms with Gasteiger partial charge < -0.3 is 10.0 Å². The lowest BCUT2D eigenvalue weighted by Crippen LogP contribution is -2.35. The quantitative estimate of drug-likeness (QED) is 0.921. The summed E-state index contributed by atoms with van der Waals surface area (Å²) in [5.74, 6) is 0.194. The summed E-state index contributed by atoms with van der Waals surface area (Å²) in [5.41, 5.74) is 0.455. The van der Waals surface area contributed by atoms with E-state index in [-0.39, 0.29) is 5.91 Å². The monoisotopic (exact) mass is 331 g/mol. The van der Waals surface area contributed by atoms with Crippen molar-refractivity contribution in [2.75, 3.05) is 13.6 Å². The lowest BCUT2D eigenvalue weighted by Gasteiger charge is -2.21. The van der Waals surface area contributed by atoms with Gasteiger partial charge in [0.1, 0.15) is 0 Å². The molecule has 0 heterocycles. The fourth-order valence-corrected chi connectivity index (χ4v) is 2.44. The molecular formula is C13H15BrClNO2. The normalized spacial score (nSPS) is 16.4. The summed E-state index contributed by atoms with van der Waals surface area (Å²) >= 11 is 9.38. The fourth-order valence-electron chi connectivity index (χ4n) is 1.87. The zero-order valence-corrected chi connectivity index (χ0v) is 12.4. The Morgan fingerprint density at radius 2 is 2.28 bits per heavy atom. The van der Waals surface area contributed by atoms with Gasteiger partial charge in [0, 0.05) is 18.1 Å². The van der Waals surface area contributed by atoms with Crippen molar-refractivity contribution in [2.24, 2.45) is 5.92 Å². The molecule has 1 aliphatic carbocycles. The van der Waals surface area contributed by atoms with E-state index in [0.29, 0.717) is 27.5 Å². The van der Waals surface area contributed by atoms with Gasteiger partial charge in [0.25, 0.3) is 5.91 Å². The molecule has 0 radical (unpaired) electrons. The maximum absolute atomic E-state index is 12.2. The summed E-state index contributed by atoms with van der Waals surface area (Å²) in [6.07, 6.45) is 1.69. The molecule has 18 heavy (non-hydrogen) atoms. The number of amides is 1. The number of hydrogen-bond acceptors (Lipinski definition) is 2. The Bertz CT molecular complexity index is 462. The van der Waals surface area contributed by atoms with E-state index in [1.54, 1.807) is 25.2 Å². The molecule has 0 spiro atoms. The summed E-state index contributed by atoms with van der Waals surface area (Å²) < 4.78 is 0.700. The van der Waals surface area contributed by atoms with Crippen molar-refractivity contribution in [3.05, 3.63) is 33.3 Å². The van der Waals surface area contributed by atoms with Crippen LogP contribution < -0.4 is 0 Å². The van der Waals surface area contributed by atoms with Gasteiger partial charge in [0.05, 0.1) is 16.7 Å². The zero-order chi connectivity index (χ0) is 13.3. The minimum absolute atomic E-state index is 0.166. The number of carbonyl (C=O) groups excluding carboxylic acids is 1. The predicted octanol–water partition coefficient (Wildman–Crippen LogP) is 2.95. The molecule has 0 bridgehead atoms. The first kappa shape index (κ1) is 13.8. The molecular weight excluding hydrogens is 318 g/mol. The van der Waals surface area contributed by atoms with Gasteiger partial charge in [0.15, 0.2) is 0 Å².